The van der Waals surface area contributed by atoms with E-state index in [-0.39, 0.29) is 23.8 Å². The summed E-state index contributed by atoms with van der Waals surface area (Å²) >= 11 is 0. The number of methoxy groups -OCH3 is 2. The fourth-order valence-electron chi connectivity index (χ4n) is 4.50. The molecule has 0 bridgehead atoms. The minimum absolute atomic E-state index is 0.0762. The second kappa shape index (κ2) is 11.2. The number of para-hydroxylation sites is 1. The van der Waals surface area contributed by atoms with Crippen molar-refractivity contribution in [3.63, 3.8) is 0 Å². The molecule has 8 nitrogen and oxygen atoms in total. The molecule has 2 amide bonds. The molecule has 8 heteroatoms. The SMILES string of the molecule is COc1cc(OC)cc(C(=O)N2CC[C@H](Oc3ccccc3)[C@@H](CC(=O)N3CCOCC3)C2)c1. The van der Waals surface area contributed by atoms with Crippen molar-refractivity contribution in [1.29, 1.82) is 0 Å². The van der Waals surface area contributed by atoms with Gasteiger partial charge in [0.2, 0.25) is 5.91 Å². The molecule has 2 saturated heterocycles. The van der Waals surface area contributed by atoms with Gasteiger partial charge in [-0.25, -0.2) is 0 Å². The van der Waals surface area contributed by atoms with Gasteiger partial charge in [0.1, 0.15) is 23.4 Å². The first-order chi connectivity index (χ1) is 16.6. The number of amides is 2. The Balaban J connectivity index is 1.51. The fourth-order valence-corrected chi connectivity index (χ4v) is 4.50. The van der Waals surface area contributed by atoms with Crippen LogP contribution in [-0.4, -0.2) is 81.3 Å². The summed E-state index contributed by atoms with van der Waals surface area (Å²) in [5.41, 5.74) is 0.497. The third kappa shape index (κ3) is 5.80. The van der Waals surface area contributed by atoms with Crippen molar-refractivity contribution in [2.45, 2.75) is 18.9 Å². The van der Waals surface area contributed by atoms with Crippen molar-refractivity contribution >= 4 is 11.8 Å². The smallest absolute Gasteiger partial charge is 0.254 e. The van der Waals surface area contributed by atoms with Gasteiger partial charge >= 0.3 is 0 Å². The zero-order chi connectivity index (χ0) is 23.9. The Bertz CT molecular complexity index is 954. The zero-order valence-electron chi connectivity index (χ0n) is 19.8. The molecule has 2 atom stereocenters. The monoisotopic (exact) mass is 468 g/mol. The molecule has 2 aromatic carbocycles. The van der Waals surface area contributed by atoms with Crippen LogP contribution in [0.4, 0.5) is 0 Å². The Morgan fingerprint density at radius 3 is 2.24 bits per heavy atom. The van der Waals surface area contributed by atoms with Crippen LogP contribution in [0.3, 0.4) is 0 Å². The zero-order valence-corrected chi connectivity index (χ0v) is 19.8. The van der Waals surface area contributed by atoms with Crippen molar-refractivity contribution < 1.29 is 28.5 Å². The van der Waals surface area contributed by atoms with Crippen molar-refractivity contribution in [2.75, 3.05) is 53.6 Å². The van der Waals surface area contributed by atoms with E-state index in [9.17, 15) is 9.59 Å². The molecular weight excluding hydrogens is 436 g/mol. The second-order valence-electron chi connectivity index (χ2n) is 8.57. The molecule has 182 valence electrons. The van der Waals surface area contributed by atoms with E-state index in [4.69, 9.17) is 18.9 Å². The van der Waals surface area contributed by atoms with Gasteiger partial charge in [-0.2, -0.15) is 0 Å². The molecule has 2 heterocycles. The number of piperidine rings is 1. The van der Waals surface area contributed by atoms with Crippen LogP contribution >= 0.6 is 0 Å². The second-order valence-corrected chi connectivity index (χ2v) is 8.57. The average molecular weight is 469 g/mol. The maximum Gasteiger partial charge on any atom is 0.254 e. The summed E-state index contributed by atoms with van der Waals surface area (Å²) in [6.07, 6.45) is 0.808. The summed E-state index contributed by atoms with van der Waals surface area (Å²) in [6.45, 7) is 3.29. The van der Waals surface area contributed by atoms with Crippen LogP contribution in [0.5, 0.6) is 17.2 Å². The van der Waals surface area contributed by atoms with Gasteiger partial charge in [0.15, 0.2) is 0 Å². The number of rotatable bonds is 7. The number of likely N-dealkylation sites (tertiary alicyclic amines) is 1. The molecule has 0 aliphatic carbocycles. The van der Waals surface area contributed by atoms with Gasteiger partial charge in [-0.1, -0.05) is 18.2 Å². The number of morpholine rings is 1. The molecular formula is C26H32N2O6. The Kier molecular flexibility index (Phi) is 7.90. The minimum Gasteiger partial charge on any atom is -0.497 e. The Labute approximate surface area is 200 Å². The van der Waals surface area contributed by atoms with Gasteiger partial charge in [-0.05, 0) is 24.3 Å². The summed E-state index contributed by atoms with van der Waals surface area (Å²) < 4.78 is 22.3. The van der Waals surface area contributed by atoms with Crippen LogP contribution in [0.2, 0.25) is 0 Å². The van der Waals surface area contributed by atoms with Crippen LogP contribution in [0.1, 0.15) is 23.2 Å². The van der Waals surface area contributed by atoms with E-state index >= 15 is 0 Å². The van der Waals surface area contributed by atoms with Crippen molar-refractivity contribution in [3.05, 3.63) is 54.1 Å². The first-order valence-electron chi connectivity index (χ1n) is 11.7. The van der Waals surface area contributed by atoms with E-state index in [1.54, 1.807) is 37.3 Å². The average Bonchev–Trinajstić information content (AvgIpc) is 2.90. The normalized spacial score (nSPS) is 20.5. The van der Waals surface area contributed by atoms with E-state index in [2.05, 4.69) is 0 Å². The summed E-state index contributed by atoms with van der Waals surface area (Å²) in [5.74, 6) is 1.73. The van der Waals surface area contributed by atoms with E-state index in [1.807, 2.05) is 35.2 Å². The molecule has 2 fully saturated rings. The predicted molar refractivity (Wildman–Crippen MR) is 126 cm³/mol. The van der Waals surface area contributed by atoms with Crippen LogP contribution in [0.15, 0.2) is 48.5 Å². The number of benzene rings is 2. The number of nitrogens with zero attached hydrogens (tertiary/aromatic N) is 2. The molecule has 0 unspecified atom stereocenters. The molecule has 2 aliphatic heterocycles. The van der Waals surface area contributed by atoms with Crippen molar-refractivity contribution in [3.8, 4) is 17.2 Å². The third-order valence-electron chi connectivity index (χ3n) is 6.38. The number of hydrogen-bond donors (Lipinski definition) is 0. The van der Waals surface area contributed by atoms with E-state index in [1.165, 1.54) is 0 Å². The molecule has 2 aromatic rings. The Hall–Kier alpha value is -3.26. The highest BCUT2D eigenvalue weighted by atomic mass is 16.5. The molecule has 4 rings (SSSR count). The lowest BCUT2D eigenvalue weighted by atomic mass is 9.90. The molecule has 0 saturated carbocycles. The molecule has 0 aromatic heterocycles. The highest BCUT2D eigenvalue weighted by Crippen LogP contribution is 2.29. The van der Waals surface area contributed by atoms with E-state index in [0.717, 1.165) is 5.75 Å². The highest BCUT2D eigenvalue weighted by molar-refractivity contribution is 5.95. The van der Waals surface area contributed by atoms with Crippen LogP contribution in [0.25, 0.3) is 0 Å². The van der Waals surface area contributed by atoms with Gasteiger partial charge in [0.05, 0.1) is 27.4 Å². The van der Waals surface area contributed by atoms with Crippen LogP contribution < -0.4 is 14.2 Å². The van der Waals surface area contributed by atoms with Crippen molar-refractivity contribution in [1.82, 2.24) is 9.80 Å². The first-order valence-corrected chi connectivity index (χ1v) is 11.7. The lowest BCUT2D eigenvalue weighted by molar-refractivity contribution is -0.137. The molecule has 0 N–H and O–H groups in total. The van der Waals surface area contributed by atoms with Gasteiger partial charge in [0.25, 0.3) is 5.91 Å². The Morgan fingerprint density at radius 1 is 0.912 bits per heavy atom. The number of hydrogen-bond acceptors (Lipinski definition) is 6. The van der Waals surface area contributed by atoms with Gasteiger partial charge in [-0.3, -0.25) is 9.59 Å². The minimum atomic E-state index is -0.156. The highest BCUT2D eigenvalue weighted by Gasteiger charge is 2.36. The lowest BCUT2D eigenvalue weighted by Gasteiger charge is -2.39. The van der Waals surface area contributed by atoms with E-state index < -0.39 is 0 Å². The largest absolute Gasteiger partial charge is 0.497 e. The number of ether oxygens (including phenoxy) is 4. The molecule has 2 aliphatic rings. The maximum atomic E-state index is 13.4. The summed E-state index contributed by atoms with van der Waals surface area (Å²) in [7, 11) is 3.12. The number of carbonyl (C=O) groups excluding carboxylic acids is 2. The molecule has 34 heavy (non-hydrogen) atoms. The molecule has 0 radical (unpaired) electrons. The predicted octanol–water partition coefficient (Wildman–Crippen LogP) is 2.86. The van der Waals surface area contributed by atoms with Gasteiger partial charge in [0, 0.05) is 56.6 Å². The van der Waals surface area contributed by atoms with Crippen molar-refractivity contribution in [2.24, 2.45) is 5.92 Å². The van der Waals surface area contributed by atoms with Crippen LogP contribution in [-0.2, 0) is 9.53 Å². The number of carbonyl (C=O) groups is 2. The first kappa shape index (κ1) is 23.9. The quantitative estimate of drug-likeness (QED) is 0.622. The van der Waals surface area contributed by atoms with Crippen LogP contribution in [0, 0.1) is 5.92 Å². The lowest BCUT2D eigenvalue weighted by Crippen LogP contribution is -2.50. The van der Waals surface area contributed by atoms with Gasteiger partial charge in [-0.15, -0.1) is 0 Å². The molecule has 0 spiro atoms. The third-order valence-corrected chi connectivity index (χ3v) is 6.38. The summed E-state index contributed by atoms with van der Waals surface area (Å²) in [5, 5.41) is 0. The standard InChI is InChI=1S/C26H32N2O6/c1-31-22-14-19(15-23(17-22)32-2)26(30)28-9-8-24(34-21-6-4-3-5-7-21)20(18-28)16-25(29)27-10-12-33-13-11-27/h3-7,14-15,17,20,24H,8-13,16,18H2,1-2H3/t20-,24-/m0/s1. The van der Waals surface area contributed by atoms with Gasteiger partial charge < -0.3 is 28.7 Å². The topological polar surface area (TPSA) is 77.5 Å². The summed E-state index contributed by atoms with van der Waals surface area (Å²) in [4.78, 5) is 30.1. The Morgan fingerprint density at radius 2 is 1.59 bits per heavy atom. The van der Waals surface area contributed by atoms with E-state index in [0.29, 0.717) is 69.3 Å². The summed E-state index contributed by atoms with van der Waals surface area (Å²) in [6, 6.07) is 14.8. The fraction of sp³-hybridized carbons (Fsp3) is 0.462. The maximum absolute atomic E-state index is 13.4.